The maximum absolute atomic E-state index is 5.74. The highest BCUT2D eigenvalue weighted by atomic mass is 15.3. The summed E-state index contributed by atoms with van der Waals surface area (Å²) in [4.78, 5) is 4.21. The van der Waals surface area contributed by atoms with Crippen molar-refractivity contribution in [3.05, 3.63) is 12.2 Å². The Labute approximate surface area is 124 Å². The van der Waals surface area contributed by atoms with E-state index >= 15 is 0 Å². The number of rotatable bonds is 12. The van der Waals surface area contributed by atoms with E-state index in [0.29, 0.717) is 0 Å². The molecule has 1 unspecified atom stereocenters. The van der Waals surface area contributed by atoms with Crippen LogP contribution >= 0.6 is 0 Å². The lowest BCUT2D eigenvalue weighted by Crippen LogP contribution is -2.08. The highest BCUT2D eigenvalue weighted by Crippen LogP contribution is 2.11. The van der Waals surface area contributed by atoms with Crippen LogP contribution < -0.4 is 5.73 Å². The molecule has 1 aromatic heterocycles. The summed E-state index contributed by atoms with van der Waals surface area (Å²) in [6.45, 7) is 5.16. The number of nitrogens with two attached hydrogens (primary N) is 1. The van der Waals surface area contributed by atoms with Gasteiger partial charge in [0, 0.05) is 6.54 Å². The predicted octanol–water partition coefficient (Wildman–Crippen LogP) is 4.22. The van der Waals surface area contributed by atoms with Crippen LogP contribution in [-0.4, -0.2) is 14.8 Å². The predicted molar refractivity (Wildman–Crippen MR) is 84.5 cm³/mol. The zero-order valence-electron chi connectivity index (χ0n) is 13.4. The van der Waals surface area contributed by atoms with Crippen molar-refractivity contribution < 1.29 is 0 Å². The molecule has 1 rings (SSSR count). The fourth-order valence-electron chi connectivity index (χ4n) is 2.39. The fourth-order valence-corrected chi connectivity index (χ4v) is 2.39. The molecule has 0 fully saturated rings. The molecule has 0 amide bonds. The third kappa shape index (κ3) is 7.63. The number of hydrogen-bond acceptors (Lipinski definition) is 3. The first-order valence-corrected chi connectivity index (χ1v) is 8.39. The van der Waals surface area contributed by atoms with Gasteiger partial charge in [-0.15, -0.1) is 0 Å². The van der Waals surface area contributed by atoms with Crippen molar-refractivity contribution >= 4 is 0 Å². The van der Waals surface area contributed by atoms with Gasteiger partial charge in [0.2, 0.25) is 0 Å². The molecule has 116 valence electrons. The Morgan fingerprint density at radius 3 is 2.05 bits per heavy atom. The van der Waals surface area contributed by atoms with Gasteiger partial charge in [0.1, 0.15) is 6.33 Å². The van der Waals surface area contributed by atoms with Crippen molar-refractivity contribution in [1.29, 1.82) is 0 Å². The number of aryl methyl sites for hydroxylation is 1. The minimum Gasteiger partial charge on any atom is -0.321 e. The van der Waals surface area contributed by atoms with Gasteiger partial charge in [0.05, 0.1) is 6.04 Å². The van der Waals surface area contributed by atoms with Crippen molar-refractivity contribution in [1.82, 2.24) is 14.8 Å². The maximum Gasteiger partial charge on any atom is 0.166 e. The van der Waals surface area contributed by atoms with Crippen molar-refractivity contribution in [3.8, 4) is 0 Å². The molecule has 4 heteroatoms. The number of nitrogens with zero attached hydrogens (tertiary/aromatic N) is 3. The molecule has 1 heterocycles. The van der Waals surface area contributed by atoms with Gasteiger partial charge in [-0.1, -0.05) is 64.7 Å². The van der Waals surface area contributed by atoms with Crippen molar-refractivity contribution in [2.45, 2.75) is 90.6 Å². The summed E-state index contributed by atoms with van der Waals surface area (Å²) in [5.41, 5.74) is 5.74. The van der Waals surface area contributed by atoms with E-state index in [1.807, 2.05) is 11.6 Å². The summed E-state index contributed by atoms with van der Waals surface area (Å²) in [5, 5.41) is 4.37. The second kappa shape index (κ2) is 10.8. The van der Waals surface area contributed by atoms with Crippen LogP contribution in [0.15, 0.2) is 6.33 Å². The van der Waals surface area contributed by atoms with E-state index in [1.54, 1.807) is 6.33 Å². The minimum absolute atomic E-state index is 0.0658. The molecule has 0 spiro atoms. The van der Waals surface area contributed by atoms with Crippen molar-refractivity contribution in [2.24, 2.45) is 5.73 Å². The average Bonchev–Trinajstić information content (AvgIpc) is 2.90. The van der Waals surface area contributed by atoms with Crippen molar-refractivity contribution in [2.75, 3.05) is 0 Å². The van der Waals surface area contributed by atoms with Crippen LogP contribution in [0.3, 0.4) is 0 Å². The Kier molecular flexibility index (Phi) is 9.29. The lowest BCUT2D eigenvalue weighted by molar-refractivity contribution is 0.511. The summed E-state index contributed by atoms with van der Waals surface area (Å²) in [6.07, 6.45) is 15.4. The lowest BCUT2D eigenvalue weighted by Gasteiger charge is -2.03. The lowest BCUT2D eigenvalue weighted by atomic mass is 10.1. The van der Waals surface area contributed by atoms with E-state index < -0.39 is 0 Å². The van der Waals surface area contributed by atoms with E-state index in [4.69, 9.17) is 5.73 Å². The average molecular weight is 280 g/mol. The van der Waals surface area contributed by atoms with Crippen LogP contribution in [0.25, 0.3) is 0 Å². The van der Waals surface area contributed by atoms with E-state index in [-0.39, 0.29) is 6.04 Å². The van der Waals surface area contributed by atoms with Crippen LogP contribution in [-0.2, 0) is 6.54 Å². The largest absolute Gasteiger partial charge is 0.321 e. The molecule has 2 N–H and O–H groups in total. The SMILES string of the molecule is CCCCCCCCCCCCn1cnc(C(C)N)n1. The molecule has 0 aliphatic rings. The molecule has 4 nitrogen and oxygen atoms in total. The molecule has 0 aliphatic carbocycles. The van der Waals surface area contributed by atoms with Gasteiger partial charge in [-0.2, -0.15) is 5.10 Å². The standard InChI is InChI=1S/C16H32N4/c1-3-4-5-6-7-8-9-10-11-12-13-20-14-18-16(19-20)15(2)17/h14-15H,3-13,17H2,1-2H3. The van der Waals surface area contributed by atoms with Crippen molar-refractivity contribution in [3.63, 3.8) is 0 Å². The monoisotopic (exact) mass is 280 g/mol. The maximum atomic E-state index is 5.74. The first kappa shape index (κ1) is 17.2. The molecule has 1 aromatic rings. The van der Waals surface area contributed by atoms with E-state index in [9.17, 15) is 0 Å². The van der Waals surface area contributed by atoms with Gasteiger partial charge in [-0.3, -0.25) is 4.68 Å². The molecule has 0 aliphatic heterocycles. The molecular weight excluding hydrogens is 248 g/mol. The van der Waals surface area contributed by atoms with Gasteiger partial charge in [0.15, 0.2) is 5.82 Å². The third-order valence-electron chi connectivity index (χ3n) is 3.70. The molecule has 0 aromatic carbocycles. The van der Waals surface area contributed by atoms with E-state index in [1.165, 1.54) is 64.2 Å². The third-order valence-corrected chi connectivity index (χ3v) is 3.70. The molecular formula is C16H32N4. The van der Waals surface area contributed by atoms with Gasteiger partial charge in [-0.25, -0.2) is 4.98 Å². The zero-order valence-corrected chi connectivity index (χ0v) is 13.4. The summed E-state index contributed by atoms with van der Waals surface area (Å²) >= 11 is 0. The molecule has 1 atom stereocenters. The topological polar surface area (TPSA) is 56.7 Å². The van der Waals surface area contributed by atoms with Crippen LogP contribution in [0.2, 0.25) is 0 Å². The fraction of sp³-hybridized carbons (Fsp3) is 0.875. The first-order chi connectivity index (χ1) is 9.74. The van der Waals surface area contributed by atoms with Crippen LogP contribution in [0, 0.1) is 0 Å². The second-order valence-corrected chi connectivity index (χ2v) is 5.84. The van der Waals surface area contributed by atoms with Crippen LogP contribution in [0.4, 0.5) is 0 Å². The Morgan fingerprint density at radius 2 is 1.55 bits per heavy atom. The molecule has 0 radical (unpaired) electrons. The quantitative estimate of drug-likeness (QED) is 0.583. The molecule has 0 bridgehead atoms. The zero-order chi connectivity index (χ0) is 14.6. The smallest absolute Gasteiger partial charge is 0.166 e. The second-order valence-electron chi connectivity index (χ2n) is 5.84. The highest BCUT2D eigenvalue weighted by molar-refractivity contribution is 4.87. The Balaban J connectivity index is 1.91. The minimum atomic E-state index is -0.0658. The number of hydrogen-bond donors (Lipinski definition) is 1. The van der Waals surface area contributed by atoms with Gasteiger partial charge < -0.3 is 5.73 Å². The molecule has 0 saturated carbocycles. The van der Waals surface area contributed by atoms with Crippen LogP contribution in [0.1, 0.15) is 89.9 Å². The first-order valence-electron chi connectivity index (χ1n) is 8.39. The highest BCUT2D eigenvalue weighted by Gasteiger charge is 2.04. The number of unbranched alkanes of at least 4 members (excludes halogenated alkanes) is 9. The van der Waals surface area contributed by atoms with Gasteiger partial charge >= 0.3 is 0 Å². The summed E-state index contributed by atoms with van der Waals surface area (Å²) < 4.78 is 1.92. The van der Waals surface area contributed by atoms with E-state index in [2.05, 4.69) is 17.0 Å². The van der Waals surface area contributed by atoms with Gasteiger partial charge in [0.25, 0.3) is 0 Å². The van der Waals surface area contributed by atoms with Crippen LogP contribution in [0.5, 0.6) is 0 Å². The molecule has 20 heavy (non-hydrogen) atoms. The normalized spacial score (nSPS) is 12.8. The van der Waals surface area contributed by atoms with E-state index in [0.717, 1.165) is 12.4 Å². The summed E-state index contributed by atoms with van der Waals surface area (Å²) in [5.74, 6) is 0.747. The summed E-state index contributed by atoms with van der Waals surface area (Å²) in [7, 11) is 0. The Morgan fingerprint density at radius 1 is 1.00 bits per heavy atom. The number of aromatic nitrogens is 3. The van der Waals surface area contributed by atoms with Gasteiger partial charge in [-0.05, 0) is 13.3 Å². The molecule has 0 saturated heterocycles. The Bertz CT molecular complexity index is 333. The summed E-state index contributed by atoms with van der Waals surface area (Å²) in [6, 6.07) is -0.0658. The Hall–Kier alpha value is -0.900.